The van der Waals surface area contributed by atoms with Crippen molar-refractivity contribution in [1.29, 1.82) is 0 Å². The van der Waals surface area contributed by atoms with Gasteiger partial charge in [-0.3, -0.25) is 4.79 Å². The van der Waals surface area contributed by atoms with E-state index in [0.29, 0.717) is 29.6 Å². The van der Waals surface area contributed by atoms with Crippen molar-refractivity contribution in [3.63, 3.8) is 0 Å². The molecule has 0 spiro atoms. The number of carbonyl (C=O) groups excluding carboxylic acids is 1. The highest BCUT2D eigenvalue weighted by molar-refractivity contribution is 6.30. The molecule has 3 rings (SSSR count). The molecule has 1 fully saturated rings. The summed E-state index contributed by atoms with van der Waals surface area (Å²) in [6.45, 7) is 3.42. The van der Waals surface area contributed by atoms with Gasteiger partial charge in [-0.25, -0.2) is 0 Å². The fourth-order valence-corrected chi connectivity index (χ4v) is 2.62. The molecule has 0 atom stereocenters. The van der Waals surface area contributed by atoms with Crippen molar-refractivity contribution in [2.24, 2.45) is 0 Å². The van der Waals surface area contributed by atoms with Crippen LogP contribution in [-0.2, 0) is 11.2 Å². The lowest BCUT2D eigenvalue weighted by molar-refractivity contribution is -0.132. The van der Waals surface area contributed by atoms with E-state index in [1.807, 2.05) is 17.0 Å². The SMILES string of the molecule is CN1CCN(C(=O)CCc2nnc(-c3ccc(Cl)cc3)o2)CC1. The van der Waals surface area contributed by atoms with Crippen LogP contribution in [-0.4, -0.2) is 59.1 Å². The van der Waals surface area contributed by atoms with Crippen LogP contribution in [0.3, 0.4) is 0 Å². The van der Waals surface area contributed by atoms with Crippen molar-refractivity contribution in [3.8, 4) is 11.5 Å². The molecule has 2 heterocycles. The summed E-state index contributed by atoms with van der Waals surface area (Å²) in [5, 5.41) is 8.70. The van der Waals surface area contributed by atoms with Crippen molar-refractivity contribution in [2.45, 2.75) is 12.8 Å². The molecule has 0 radical (unpaired) electrons. The number of nitrogens with zero attached hydrogens (tertiary/aromatic N) is 4. The van der Waals surface area contributed by atoms with Gasteiger partial charge in [0.1, 0.15) is 0 Å². The molecule has 7 heteroatoms. The first kappa shape index (κ1) is 16.0. The van der Waals surface area contributed by atoms with Crippen LogP contribution in [0.4, 0.5) is 0 Å². The average Bonchev–Trinajstić information content (AvgIpc) is 3.03. The Hall–Kier alpha value is -1.92. The van der Waals surface area contributed by atoms with Gasteiger partial charge in [0.05, 0.1) is 0 Å². The topological polar surface area (TPSA) is 62.5 Å². The third-order valence-electron chi connectivity index (χ3n) is 3.97. The summed E-state index contributed by atoms with van der Waals surface area (Å²) in [5.41, 5.74) is 0.818. The van der Waals surface area contributed by atoms with Crippen LogP contribution in [0.25, 0.3) is 11.5 Å². The van der Waals surface area contributed by atoms with Crippen LogP contribution < -0.4 is 0 Å². The minimum absolute atomic E-state index is 0.143. The summed E-state index contributed by atoms with van der Waals surface area (Å²) in [6, 6.07) is 7.21. The average molecular weight is 335 g/mol. The number of aryl methyl sites for hydroxylation is 1. The van der Waals surface area contributed by atoms with Gasteiger partial charge in [0.15, 0.2) is 0 Å². The first-order chi connectivity index (χ1) is 11.1. The van der Waals surface area contributed by atoms with Gasteiger partial charge in [0, 0.05) is 49.6 Å². The largest absolute Gasteiger partial charge is 0.421 e. The number of carbonyl (C=O) groups is 1. The monoisotopic (exact) mass is 334 g/mol. The molecule has 1 saturated heterocycles. The number of aromatic nitrogens is 2. The Morgan fingerprint density at radius 3 is 2.57 bits per heavy atom. The molecule has 0 N–H and O–H groups in total. The Kier molecular flexibility index (Phi) is 4.93. The Bertz CT molecular complexity index is 663. The van der Waals surface area contributed by atoms with Crippen molar-refractivity contribution < 1.29 is 9.21 Å². The van der Waals surface area contributed by atoms with Gasteiger partial charge >= 0.3 is 0 Å². The van der Waals surface area contributed by atoms with Gasteiger partial charge in [-0.05, 0) is 31.3 Å². The molecule has 23 heavy (non-hydrogen) atoms. The van der Waals surface area contributed by atoms with E-state index in [1.54, 1.807) is 12.1 Å². The summed E-state index contributed by atoms with van der Waals surface area (Å²) < 4.78 is 5.62. The molecule has 0 aliphatic carbocycles. The highest BCUT2D eigenvalue weighted by atomic mass is 35.5. The first-order valence-corrected chi connectivity index (χ1v) is 8.04. The molecule has 2 aromatic rings. The van der Waals surface area contributed by atoms with Gasteiger partial charge in [-0.15, -0.1) is 10.2 Å². The maximum absolute atomic E-state index is 12.2. The van der Waals surface area contributed by atoms with Crippen molar-refractivity contribution in [2.75, 3.05) is 33.2 Å². The summed E-state index contributed by atoms with van der Waals surface area (Å²) in [7, 11) is 2.07. The number of hydrogen-bond donors (Lipinski definition) is 0. The van der Waals surface area contributed by atoms with Gasteiger partial charge in [-0.1, -0.05) is 11.6 Å². The first-order valence-electron chi connectivity index (χ1n) is 7.66. The molecule has 1 amide bonds. The van der Waals surface area contributed by atoms with Gasteiger partial charge in [0.2, 0.25) is 17.7 Å². The predicted molar refractivity (Wildman–Crippen MR) is 87.1 cm³/mol. The fourth-order valence-electron chi connectivity index (χ4n) is 2.49. The number of benzene rings is 1. The molecule has 1 aromatic heterocycles. The summed E-state index contributed by atoms with van der Waals surface area (Å²) in [5.74, 6) is 1.07. The second kappa shape index (κ2) is 7.10. The van der Waals surface area contributed by atoms with Crippen molar-refractivity contribution in [3.05, 3.63) is 35.2 Å². The highest BCUT2D eigenvalue weighted by Gasteiger charge is 2.19. The zero-order valence-electron chi connectivity index (χ0n) is 13.0. The lowest BCUT2D eigenvalue weighted by Gasteiger charge is -2.32. The van der Waals surface area contributed by atoms with E-state index in [2.05, 4.69) is 22.1 Å². The van der Waals surface area contributed by atoms with Gasteiger partial charge in [-0.2, -0.15) is 0 Å². The van der Waals surface area contributed by atoms with Crippen LogP contribution >= 0.6 is 11.6 Å². The lowest BCUT2D eigenvalue weighted by atomic mass is 10.2. The smallest absolute Gasteiger partial charge is 0.247 e. The molecule has 0 unspecified atom stereocenters. The zero-order chi connectivity index (χ0) is 16.2. The Morgan fingerprint density at radius 2 is 1.87 bits per heavy atom. The van der Waals surface area contributed by atoms with E-state index < -0.39 is 0 Å². The molecule has 1 aromatic carbocycles. The normalized spacial score (nSPS) is 15.8. The second-order valence-corrected chi connectivity index (χ2v) is 6.13. The molecule has 0 saturated carbocycles. The van der Waals surface area contributed by atoms with Crippen LogP contribution in [0.15, 0.2) is 28.7 Å². The number of likely N-dealkylation sites (N-methyl/N-ethyl adjacent to an activating group) is 1. The van der Waals surface area contributed by atoms with Gasteiger partial charge < -0.3 is 14.2 Å². The van der Waals surface area contributed by atoms with Crippen LogP contribution in [0, 0.1) is 0 Å². The van der Waals surface area contributed by atoms with Crippen LogP contribution in [0.1, 0.15) is 12.3 Å². The quantitative estimate of drug-likeness (QED) is 0.856. The second-order valence-electron chi connectivity index (χ2n) is 5.69. The number of amides is 1. The number of rotatable bonds is 4. The molecule has 1 aliphatic rings. The molecule has 6 nitrogen and oxygen atoms in total. The third kappa shape index (κ3) is 4.09. The van der Waals surface area contributed by atoms with E-state index in [-0.39, 0.29) is 5.91 Å². The Balaban J connectivity index is 1.55. The molecule has 122 valence electrons. The van der Waals surface area contributed by atoms with E-state index in [1.165, 1.54) is 0 Å². The molecule has 0 bridgehead atoms. The minimum atomic E-state index is 0.143. The maximum Gasteiger partial charge on any atom is 0.247 e. The fraction of sp³-hybridized carbons (Fsp3) is 0.438. The highest BCUT2D eigenvalue weighted by Crippen LogP contribution is 2.20. The van der Waals surface area contributed by atoms with Crippen molar-refractivity contribution in [1.82, 2.24) is 20.0 Å². The standard InChI is InChI=1S/C16H19ClN4O2/c1-20-8-10-21(11-9-20)15(22)7-6-14-18-19-16(23-14)12-2-4-13(17)5-3-12/h2-5H,6-11H2,1H3. The predicted octanol–water partition coefficient (Wildman–Crippen LogP) is 2.10. The Labute approximate surface area is 140 Å². The number of hydrogen-bond acceptors (Lipinski definition) is 5. The van der Waals surface area contributed by atoms with E-state index in [0.717, 1.165) is 31.7 Å². The van der Waals surface area contributed by atoms with Crippen LogP contribution in [0.5, 0.6) is 0 Å². The maximum atomic E-state index is 12.2. The third-order valence-corrected chi connectivity index (χ3v) is 4.22. The summed E-state index contributed by atoms with van der Waals surface area (Å²) in [4.78, 5) is 16.3. The van der Waals surface area contributed by atoms with E-state index in [9.17, 15) is 4.79 Å². The van der Waals surface area contributed by atoms with E-state index in [4.69, 9.17) is 16.0 Å². The summed E-state index contributed by atoms with van der Waals surface area (Å²) >= 11 is 5.86. The van der Waals surface area contributed by atoms with Crippen LogP contribution in [0.2, 0.25) is 5.02 Å². The van der Waals surface area contributed by atoms with E-state index >= 15 is 0 Å². The lowest BCUT2D eigenvalue weighted by Crippen LogP contribution is -2.47. The minimum Gasteiger partial charge on any atom is -0.421 e. The summed E-state index contributed by atoms with van der Waals surface area (Å²) in [6.07, 6.45) is 0.859. The zero-order valence-corrected chi connectivity index (χ0v) is 13.8. The van der Waals surface area contributed by atoms with Gasteiger partial charge in [0.25, 0.3) is 0 Å². The number of halogens is 1. The molecular formula is C16H19ClN4O2. The Morgan fingerprint density at radius 1 is 1.17 bits per heavy atom. The molecule has 1 aliphatic heterocycles. The number of piperazine rings is 1. The molecular weight excluding hydrogens is 316 g/mol. The van der Waals surface area contributed by atoms with Crippen molar-refractivity contribution >= 4 is 17.5 Å².